The van der Waals surface area contributed by atoms with E-state index in [-0.39, 0.29) is 29.3 Å². The Labute approximate surface area is 164 Å². The molecule has 140 valence electrons. The topological polar surface area (TPSA) is 68.3 Å². The average molecular weight is 396 g/mol. The second-order valence-corrected chi connectivity index (χ2v) is 7.37. The molecule has 1 fully saturated rings. The number of amides is 1. The smallest absolute Gasteiger partial charge is 0.255 e. The van der Waals surface area contributed by atoms with Crippen molar-refractivity contribution in [1.82, 2.24) is 9.47 Å². The van der Waals surface area contributed by atoms with Crippen LogP contribution in [0.25, 0.3) is 0 Å². The first-order valence-electron chi connectivity index (χ1n) is 8.35. The highest BCUT2D eigenvalue weighted by Crippen LogP contribution is 2.29. The maximum atomic E-state index is 12.8. The van der Waals surface area contributed by atoms with Crippen LogP contribution >= 0.6 is 24.0 Å². The third-order valence-electron chi connectivity index (χ3n) is 4.87. The van der Waals surface area contributed by atoms with Gasteiger partial charge in [0.15, 0.2) is 0 Å². The van der Waals surface area contributed by atoms with Gasteiger partial charge in [-0.2, -0.15) is 0 Å². The predicted molar refractivity (Wildman–Crippen MR) is 106 cm³/mol. The summed E-state index contributed by atoms with van der Waals surface area (Å²) in [7, 11) is 0. The fourth-order valence-corrected chi connectivity index (χ4v) is 3.33. The molecule has 1 aliphatic heterocycles. The molecule has 5 nitrogen and oxygen atoms in total. The number of pyridine rings is 1. The molecule has 2 N–H and O–H groups in total. The highest BCUT2D eigenvalue weighted by molar-refractivity contribution is 6.31. The molecule has 2 aromatic rings. The molecule has 1 saturated heterocycles. The van der Waals surface area contributed by atoms with Crippen LogP contribution in [0.4, 0.5) is 0 Å². The fraction of sp³-hybridized carbons (Fsp3) is 0.368. The summed E-state index contributed by atoms with van der Waals surface area (Å²) in [5.74, 6) is -0.0647. The molecule has 1 aromatic carbocycles. The fourth-order valence-electron chi connectivity index (χ4n) is 3.14. The van der Waals surface area contributed by atoms with Gasteiger partial charge in [-0.25, -0.2) is 0 Å². The standard InChI is InChI=1S/C19H22ClN3O2.ClH/c1-19(12-21)8-9-22(13-19)18(25)15-6-7-17(24)23(11-15)10-14-4-2-3-5-16(14)20;/h2-7,11H,8-10,12-13,21H2,1H3;1H. The Balaban J connectivity index is 0.00000243. The number of likely N-dealkylation sites (tertiary alicyclic amines) is 1. The third-order valence-corrected chi connectivity index (χ3v) is 5.24. The van der Waals surface area contributed by atoms with Gasteiger partial charge in [0, 0.05) is 30.4 Å². The zero-order valence-electron chi connectivity index (χ0n) is 14.7. The first-order valence-corrected chi connectivity index (χ1v) is 8.73. The molecule has 1 atom stereocenters. The minimum atomic E-state index is -0.162. The SMILES string of the molecule is CC1(CN)CCN(C(=O)c2ccc(=O)n(Cc3ccccc3Cl)c2)C1.Cl. The van der Waals surface area contributed by atoms with Crippen molar-refractivity contribution in [2.24, 2.45) is 11.1 Å². The lowest BCUT2D eigenvalue weighted by atomic mass is 9.90. The van der Waals surface area contributed by atoms with E-state index in [0.717, 1.165) is 12.0 Å². The van der Waals surface area contributed by atoms with Gasteiger partial charge in [0.1, 0.15) is 0 Å². The summed E-state index contributed by atoms with van der Waals surface area (Å²) >= 11 is 6.18. The molecule has 1 unspecified atom stereocenters. The molecule has 3 rings (SSSR count). The highest BCUT2D eigenvalue weighted by atomic mass is 35.5. The molecular formula is C19H23Cl2N3O2. The van der Waals surface area contributed by atoms with Crippen molar-refractivity contribution in [3.63, 3.8) is 0 Å². The third kappa shape index (κ3) is 4.29. The number of benzene rings is 1. The van der Waals surface area contributed by atoms with E-state index in [1.165, 1.54) is 10.6 Å². The molecular weight excluding hydrogens is 373 g/mol. The van der Waals surface area contributed by atoms with Crippen LogP contribution in [0, 0.1) is 5.41 Å². The van der Waals surface area contributed by atoms with Crippen molar-refractivity contribution in [1.29, 1.82) is 0 Å². The minimum absolute atomic E-state index is 0. The van der Waals surface area contributed by atoms with Crippen LogP contribution in [0.2, 0.25) is 5.02 Å². The van der Waals surface area contributed by atoms with Crippen LogP contribution in [0.5, 0.6) is 0 Å². The minimum Gasteiger partial charge on any atom is -0.338 e. The second kappa shape index (κ2) is 8.25. The van der Waals surface area contributed by atoms with Gasteiger partial charge in [-0.15, -0.1) is 12.4 Å². The molecule has 0 spiro atoms. The van der Waals surface area contributed by atoms with Gasteiger partial charge in [0.2, 0.25) is 0 Å². The van der Waals surface area contributed by atoms with Gasteiger partial charge in [-0.3, -0.25) is 9.59 Å². The number of carbonyl (C=O) groups excluding carboxylic acids is 1. The van der Waals surface area contributed by atoms with Crippen molar-refractivity contribution in [2.45, 2.75) is 19.9 Å². The van der Waals surface area contributed by atoms with Crippen molar-refractivity contribution >= 4 is 29.9 Å². The Morgan fingerprint density at radius 1 is 1.27 bits per heavy atom. The first kappa shape index (κ1) is 20.5. The van der Waals surface area contributed by atoms with Gasteiger partial charge >= 0.3 is 0 Å². The summed E-state index contributed by atoms with van der Waals surface area (Å²) in [6.45, 7) is 4.32. The monoisotopic (exact) mass is 395 g/mol. The first-order chi connectivity index (χ1) is 11.9. The zero-order valence-corrected chi connectivity index (χ0v) is 16.2. The van der Waals surface area contributed by atoms with E-state index in [1.807, 2.05) is 23.1 Å². The zero-order chi connectivity index (χ0) is 18.0. The molecule has 0 aliphatic carbocycles. The molecule has 1 aromatic heterocycles. The van der Waals surface area contributed by atoms with E-state index in [1.54, 1.807) is 18.3 Å². The van der Waals surface area contributed by atoms with Crippen molar-refractivity contribution in [2.75, 3.05) is 19.6 Å². The number of nitrogens with two attached hydrogens (primary N) is 1. The van der Waals surface area contributed by atoms with Crippen LogP contribution < -0.4 is 11.3 Å². The van der Waals surface area contributed by atoms with Crippen LogP contribution in [0.1, 0.15) is 29.3 Å². The molecule has 7 heteroatoms. The number of hydrogen-bond donors (Lipinski definition) is 1. The van der Waals surface area contributed by atoms with E-state index < -0.39 is 0 Å². The molecule has 1 amide bonds. The molecule has 0 saturated carbocycles. The molecule has 0 bridgehead atoms. The van der Waals surface area contributed by atoms with Crippen molar-refractivity contribution in [3.05, 3.63) is 69.1 Å². The van der Waals surface area contributed by atoms with Gasteiger partial charge in [-0.1, -0.05) is 36.7 Å². The highest BCUT2D eigenvalue weighted by Gasteiger charge is 2.35. The quantitative estimate of drug-likeness (QED) is 0.864. The maximum absolute atomic E-state index is 12.8. The Morgan fingerprint density at radius 2 is 2.00 bits per heavy atom. The lowest BCUT2D eigenvalue weighted by molar-refractivity contribution is 0.0776. The lowest BCUT2D eigenvalue weighted by Crippen LogP contribution is -2.35. The normalized spacial score (nSPS) is 19.3. The summed E-state index contributed by atoms with van der Waals surface area (Å²) in [6, 6.07) is 10.4. The van der Waals surface area contributed by atoms with Crippen molar-refractivity contribution in [3.8, 4) is 0 Å². The predicted octanol–water partition coefficient (Wildman–Crippen LogP) is 2.78. The lowest BCUT2D eigenvalue weighted by Gasteiger charge is -2.22. The number of aromatic nitrogens is 1. The largest absolute Gasteiger partial charge is 0.338 e. The summed E-state index contributed by atoms with van der Waals surface area (Å²) in [6.07, 6.45) is 2.51. The number of hydrogen-bond acceptors (Lipinski definition) is 3. The maximum Gasteiger partial charge on any atom is 0.255 e. The Hall–Kier alpha value is -1.82. The second-order valence-electron chi connectivity index (χ2n) is 6.97. The van der Waals surface area contributed by atoms with Crippen LogP contribution in [-0.4, -0.2) is 35.0 Å². The van der Waals surface area contributed by atoms with E-state index in [9.17, 15) is 9.59 Å². The summed E-state index contributed by atoms with van der Waals surface area (Å²) in [5.41, 5.74) is 6.98. The average Bonchev–Trinajstić information content (AvgIpc) is 3.01. The van der Waals surface area contributed by atoms with Gasteiger partial charge in [0.25, 0.3) is 11.5 Å². The molecule has 1 aliphatic rings. The van der Waals surface area contributed by atoms with E-state index in [4.69, 9.17) is 17.3 Å². The number of rotatable bonds is 4. The van der Waals surface area contributed by atoms with E-state index in [2.05, 4.69) is 6.92 Å². The van der Waals surface area contributed by atoms with Gasteiger partial charge < -0.3 is 15.2 Å². The molecule has 2 heterocycles. The number of nitrogens with zero attached hydrogens (tertiary/aromatic N) is 2. The Morgan fingerprint density at radius 3 is 2.65 bits per heavy atom. The van der Waals surface area contributed by atoms with Crippen LogP contribution in [0.3, 0.4) is 0 Å². The Bertz CT molecular complexity index is 853. The molecule has 0 radical (unpaired) electrons. The van der Waals surface area contributed by atoms with Crippen LogP contribution in [-0.2, 0) is 6.54 Å². The van der Waals surface area contributed by atoms with E-state index >= 15 is 0 Å². The van der Waals surface area contributed by atoms with Crippen LogP contribution in [0.15, 0.2) is 47.4 Å². The van der Waals surface area contributed by atoms with Gasteiger partial charge in [0.05, 0.1) is 12.1 Å². The van der Waals surface area contributed by atoms with E-state index in [0.29, 0.717) is 36.8 Å². The van der Waals surface area contributed by atoms with Crippen molar-refractivity contribution < 1.29 is 4.79 Å². The Kier molecular flexibility index (Phi) is 6.50. The number of carbonyl (C=O) groups is 1. The summed E-state index contributed by atoms with van der Waals surface area (Å²) < 4.78 is 1.52. The van der Waals surface area contributed by atoms with Gasteiger partial charge in [-0.05, 0) is 36.1 Å². The summed E-state index contributed by atoms with van der Waals surface area (Å²) in [4.78, 5) is 26.7. The number of halogens is 2. The summed E-state index contributed by atoms with van der Waals surface area (Å²) in [5, 5.41) is 0.601. The molecule has 26 heavy (non-hydrogen) atoms.